The number of nitro groups is 1. The van der Waals surface area contributed by atoms with Crippen molar-refractivity contribution in [1.82, 2.24) is 5.32 Å². The van der Waals surface area contributed by atoms with E-state index in [2.05, 4.69) is 17.2 Å². The van der Waals surface area contributed by atoms with Gasteiger partial charge in [0.1, 0.15) is 6.61 Å². The molecule has 0 aromatic heterocycles. The number of carbonyl (C=O) groups is 1. The summed E-state index contributed by atoms with van der Waals surface area (Å²) in [4.78, 5) is 21.7. The number of nitrogens with one attached hydrogen (secondary N) is 1. The SMILES string of the molecule is Nc1cc([N+](=O)[O-])ccc1C#CCCNC(=O)OCc1ccccc1. The molecule has 0 spiro atoms. The fourth-order valence-corrected chi connectivity index (χ4v) is 1.94. The Balaban J connectivity index is 1.73. The quantitative estimate of drug-likeness (QED) is 0.286. The number of carbonyl (C=O) groups excluding carboxylic acids is 1. The molecule has 0 bridgehead atoms. The van der Waals surface area contributed by atoms with Gasteiger partial charge in [-0.2, -0.15) is 0 Å². The van der Waals surface area contributed by atoms with Crippen molar-refractivity contribution in [2.75, 3.05) is 12.3 Å². The molecule has 1 amide bonds. The van der Waals surface area contributed by atoms with E-state index in [9.17, 15) is 14.9 Å². The van der Waals surface area contributed by atoms with Crippen molar-refractivity contribution in [3.05, 3.63) is 69.8 Å². The van der Waals surface area contributed by atoms with E-state index in [1.54, 1.807) is 0 Å². The topological polar surface area (TPSA) is 107 Å². The van der Waals surface area contributed by atoms with Gasteiger partial charge in [0.25, 0.3) is 5.69 Å². The minimum Gasteiger partial charge on any atom is -0.445 e. The second kappa shape index (κ2) is 8.93. The fraction of sp³-hybridized carbons (Fsp3) is 0.167. The molecular formula is C18H17N3O4. The molecule has 2 aromatic rings. The monoisotopic (exact) mass is 339 g/mol. The van der Waals surface area contributed by atoms with Crippen LogP contribution in [0.5, 0.6) is 0 Å². The molecule has 0 aliphatic carbocycles. The highest BCUT2D eigenvalue weighted by atomic mass is 16.6. The molecule has 0 radical (unpaired) electrons. The van der Waals surface area contributed by atoms with E-state index in [0.29, 0.717) is 18.5 Å². The Morgan fingerprint density at radius 1 is 1.24 bits per heavy atom. The van der Waals surface area contributed by atoms with Crippen molar-refractivity contribution in [3.63, 3.8) is 0 Å². The normalized spacial score (nSPS) is 9.60. The first-order valence-corrected chi connectivity index (χ1v) is 7.53. The molecule has 0 aliphatic rings. The minimum absolute atomic E-state index is 0.0779. The van der Waals surface area contributed by atoms with Gasteiger partial charge in [0.2, 0.25) is 0 Å². The number of benzene rings is 2. The Bertz CT molecular complexity index is 810. The summed E-state index contributed by atoms with van der Waals surface area (Å²) in [5, 5.41) is 13.2. The zero-order chi connectivity index (χ0) is 18.1. The number of hydrogen-bond acceptors (Lipinski definition) is 5. The van der Waals surface area contributed by atoms with Gasteiger partial charge in [-0.15, -0.1) is 0 Å². The third kappa shape index (κ3) is 5.88. The maximum Gasteiger partial charge on any atom is 0.407 e. The average Bonchev–Trinajstić information content (AvgIpc) is 2.61. The first-order chi connectivity index (χ1) is 12.1. The molecule has 25 heavy (non-hydrogen) atoms. The molecule has 3 N–H and O–H groups in total. The van der Waals surface area contributed by atoms with Crippen molar-refractivity contribution in [1.29, 1.82) is 0 Å². The van der Waals surface area contributed by atoms with Crippen LogP contribution in [0.1, 0.15) is 17.5 Å². The summed E-state index contributed by atoms with van der Waals surface area (Å²) in [6, 6.07) is 13.5. The number of ether oxygens (including phenoxy) is 1. The molecule has 7 nitrogen and oxygen atoms in total. The summed E-state index contributed by atoms with van der Waals surface area (Å²) in [7, 11) is 0. The number of nitro benzene ring substituents is 1. The molecule has 128 valence electrons. The summed E-state index contributed by atoms with van der Waals surface area (Å²) in [5.74, 6) is 5.67. The molecule has 0 saturated heterocycles. The lowest BCUT2D eigenvalue weighted by molar-refractivity contribution is -0.384. The fourth-order valence-electron chi connectivity index (χ4n) is 1.94. The Morgan fingerprint density at radius 2 is 2.00 bits per heavy atom. The maximum absolute atomic E-state index is 11.5. The molecule has 0 unspecified atom stereocenters. The first-order valence-electron chi connectivity index (χ1n) is 7.53. The summed E-state index contributed by atoms with van der Waals surface area (Å²) in [6.45, 7) is 0.533. The zero-order valence-corrected chi connectivity index (χ0v) is 13.4. The minimum atomic E-state index is -0.515. The molecule has 0 atom stereocenters. The van der Waals surface area contributed by atoms with Crippen LogP contribution in [0.3, 0.4) is 0 Å². The van der Waals surface area contributed by atoms with E-state index < -0.39 is 11.0 Å². The van der Waals surface area contributed by atoms with Gasteiger partial charge in [-0.05, 0) is 11.6 Å². The van der Waals surface area contributed by atoms with Crippen molar-refractivity contribution in [2.24, 2.45) is 0 Å². The van der Waals surface area contributed by atoms with Gasteiger partial charge in [-0.1, -0.05) is 42.2 Å². The number of rotatable bonds is 5. The third-order valence-corrected chi connectivity index (χ3v) is 3.20. The van der Waals surface area contributed by atoms with E-state index in [1.807, 2.05) is 30.3 Å². The first kappa shape index (κ1) is 17.8. The van der Waals surface area contributed by atoms with Gasteiger partial charge in [-0.25, -0.2) is 4.79 Å². The number of alkyl carbamates (subject to hydrolysis) is 1. The van der Waals surface area contributed by atoms with E-state index in [0.717, 1.165) is 5.56 Å². The predicted molar refractivity (Wildman–Crippen MR) is 93.6 cm³/mol. The summed E-state index contributed by atoms with van der Waals surface area (Å²) in [6.07, 6.45) is -0.114. The summed E-state index contributed by atoms with van der Waals surface area (Å²) >= 11 is 0. The lowest BCUT2D eigenvalue weighted by atomic mass is 10.1. The van der Waals surface area contributed by atoms with Gasteiger partial charge in [0.15, 0.2) is 0 Å². The number of anilines is 1. The number of nitrogen functional groups attached to an aromatic ring is 1. The van der Waals surface area contributed by atoms with E-state index in [4.69, 9.17) is 10.5 Å². The largest absolute Gasteiger partial charge is 0.445 e. The van der Waals surface area contributed by atoms with Crippen molar-refractivity contribution >= 4 is 17.5 Å². The Morgan fingerprint density at radius 3 is 2.68 bits per heavy atom. The average molecular weight is 339 g/mol. The van der Waals surface area contributed by atoms with Crippen LogP contribution in [0.4, 0.5) is 16.2 Å². The zero-order valence-electron chi connectivity index (χ0n) is 13.4. The van der Waals surface area contributed by atoms with Crippen molar-refractivity contribution < 1.29 is 14.5 Å². The van der Waals surface area contributed by atoms with Gasteiger partial charge in [-0.3, -0.25) is 10.1 Å². The van der Waals surface area contributed by atoms with Gasteiger partial charge in [0, 0.05) is 30.7 Å². The van der Waals surface area contributed by atoms with E-state index in [1.165, 1.54) is 18.2 Å². The summed E-state index contributed by atoms with van der Waals surface area (Å²) in [5.41, 5.74) is 7.31. The van der Waals surface area contributed by atoms with Crippen LogP contribution < -0.4 is 11.1 Å². The molecule has 0 fully saturated rings. The van der Waals surface area contributed by atoms with Crippen molar-refractivity contribution in [2.45, 2.75) is 13.0 Å². The Hall–Kier alpha value is -3.53. The standard InChI is InChI=1S/C18H17N3O4/c19-17-12-16(21(23)24)10-9-15(17)8-4-5-11-20-18(22)25-13-14-6-2-1-3-7-14/h1-3,6-7,9-10,12H,5,11,13,19H2,(H,20,22). The second-order valence-electron chi connectivity index (χ2n) is 5.07. The molecule has 7 heteroatoms. The maximum atomic E-state index is 11.5. The number of nitrogens with two attached hydrogens (primary N) is 1. The summed E-state index contributed by atoms with van der Waals surface area (Å²) < 4.78 is 5.07. The van der Waals surface area contributed by atoms with E-state index in [-0.39, 0.29) is 18.0 Å². The number of nitrogens with zero attached hydrogens (tertiary/aromatic N) is 1. The molecule has 0 aliphatic heterocycles. The van der Waals surface area contributed by atoms with E-state index >= 15 is 0 Å². The lowest BCUT2D eigenvalue weighted by Gasteiger charge is -2.05. The molecular weight excluding hydrogens is 322 g/mol. The van der Waals surface area contributed by atoms with Crippen LogP contribution >= 0.6 is 0 Å². The predicted octanol–water partition coefficient (Wildman–Crippen LogP) is 2.85. The van der Waals surface area contributed by atoms with Crippen LogP contribution in [-0.2, 0) is 11.3 Å². The highest BCUT2D eigenvalue weighted by Gasteiger charge is 2.07. The van der Waals surface area contributed by atoms with Crippen molar-refractivity contribution in [3.8, 4) is 11.8 Å². The smallest absolute Gasteiger partial charge is 0.407 e. The number of amides is 1. The molecule has 2 rings (SSSR count). The number of hydrogen-bond donors (Lipinski definition) is 2. The third-order valence-electron chi connectivity index (χ3n) is 3.20. The van der Waals surface area contributed by atoms with Crippen LogP contribution in [0.15, 0.2) is 48.5 Å². The van der Waals surface area contributed by atoms with Gasteiger partial charge >= 0.3 is 6.09 Å². The Labute approximate surface area is 144 Å². The Kier molecular flexibility index (Phi) is 6.37. The molecule has 0 saturated carbocycles. The van der Waals surface area contributed by atoms with Crippen LogP contribution in [-0.4, -0.2) is 17.6 Å². The van der Waals surface area contributed by atoms with Crippen LogP contribution in [0, 0.1) is 22.0 Å². The van der Waals surface area contributed by atoms with Crippen LogP contribution in [0.25, 0.3) is 0 Å². The highest BCUT2D eigenvalue weighted by molar-refractivity contribution is 5.67. The molecule has 2 aromatic carbocycles. The van der Waals surface area contributed by atoms with Gasteiger partial charge in [0.05, 0.1) is 10.6 Å². The number of non-ortho nitro benzene ring substituents is 1. The highest BCUT2D eigenvalue weighted by Crippen LogP contribution is 2.18. The van der Waals surface area contributed by atoms with Gasteiger partial charge < -0.3 is 15.8 Å². The molecule has 0 heterocycles. The second-order valence-corrected chi connectivity index (χ2v) is 5.07. The lowest BCUT2D eigenvalue weighted by Crippen LogP contribution is -2.24. The van der Waals surface area contributed by atoms with Crippen LogP contribution in [0.2, 0.25) is 0 Å².